The number of piperidine rings is 1. The van der Waals surface area contributed by atoms with Gasteiger partial charge >= 0.3 is 0 Å². The number of hydrogen-bond donors (Lipinski definition) is 1. The number of para-hydroxylation sites is 1. The van der Waals surface area contributed by atoms with E-state index in [9.17, 15) is 17.6 Å². The molecule has 0 aromatic heterocycles. The van der Waals surface area contributed by atoms with Gasteiger partial charge in [0.2, 0.25) is 15.9 Å². The summed E-state index contributed by atoms with van der Waals surface area (Å²) < 4.78 is 40.8. The van der Waals surface area contributed by atoms with E-state index in [-0.39, 0.29) is 16.7 Å². The van der Waals surface area contributed by atoms with Gasteiger partial charge in [0.25, 0.3) is 0 Å². The molecule has 1 aliphatic rings. The average Bonchev–Trinajstić information content (AvgIpc) is 2.68. The van der Waals surface area contributed by atoms with Crippen molar-refractivity contribution in [3.63, 3.8) is 0 Å². The second-order valence-corrected chi connectivity index (χ2v) is 8.66. The molecule has 0 saturated carbocycles. The van der Waals surface area contributed by atoms with Crippen LogP contribution in [0.25, 0.3) is 0 Å². The molecular formula is C20H23FN2O3S. The van der Waals surface area contributed by atoms with Gasteiger partial charge < -0.3 is 5.32 Å². The summed E-state index contributed by atoms with van der Waals surface area (Å²) in [6, 6.07) is 14.7. The maximum atomic E-state index is 13.9. The Morgan fingerprint density at radius 3 is 2.56 bits per heavy atom. The molecule has 1 N–H and O–H groups in total. The molecule has 27 heavy (non-hydrogen) atoms. The van der Waals surface area contributed by atoms with Crippen LogP contribution in [-0.4, -0.2) is 31.7 Å². The molecule has 1 amide bonds. The highest BCUT2D eigenvalue weighted by atomic mass is 32.2. The number of halogens is 1. The van der Waals surface area contributed by atoms with E-state index in [2.05, 4.69) is 5.32 Å². The van der Waals surface area contributed by atoms with E-state index in [1.165, 1.54) is 22.5 Å². The molecule has 144 valence electrons. The molecule has 0 radical (unpaired) electrons. The van der Waals surface area contributed by atoms with Gasteiger partial charge in [0.05, 0.1) is 0 Å². The zero-order valence-electron chi connectivity index (χ0n) is 15.0. The van der Waals surface area contributed by atoms with Crippen molar-refractivity contribution in [2.24, 2.45) is 5.92 Å². The highest BCUT2D eigenvalue weighted by Crippen LogP contribution is 2.27. The van der Waals surface area contributed by atoms with Crippen molar-refractivity contribution in [1.82, 2.24) is 4.31 Å². The molecule has 2 aromatic carbocycles. The molecule has 0 spiro atoms. The Morgan fingerprint density at radius 1 is 1.11 bits per heavy atom. The van der Waals surface area contributed by atoms with E-state index in [1.807, 2.05) is 30.3 Å². The summed E-state index contributed by atoms with van der Waals surface area (Å²) in [5.41, 5.74) is 0.745. The fraction of sp³-hybridized carbons (Fsp3) is 0.350. The van der Waals surface area contributed by atoms with Gasteiger partial charge in [0.15, 0.2) is 0 Å². The first-order valence-corrected chi connectivity index (χ1v) is 10.5. The molecule has 7 heteroatoms. The van der Waals surface area contributed by atoms with E-state index in [4.69, 9.17) is 0 Å². The Kier molecular flexibility index (Phi) is 6.23. The van der Waals surface area contributed by atoms with Crippen LogP contribution >= 0.6 is 0 Å². The summed E-state index contributed by atoms with van der Waals surface area (Å²) in [7, 11) is -3.85. The highest BCUT2D eigenvalue weighted by molar-refractivity contribution is 7.89. The number of benzene rings is 2. The van der Waals surface area contributed by atoms with Crippen molar-refractivity contribution in [2.75, 3.05) is 18.4 Å². The average molecular weight is 390 g/mol. The van der Waals surface area contributed by atoms with Crippen LogP contribution in [0.2, 0.25) is 0 Å². The van der Waals surface area contributed by atoms with Crippen molar-refractivity contribution in [3.8, 4) is 0 Å². The smallest absolute Gasteiger partial charge is 0.245 e. The lowest BCUT2D eigenvalue weighted by atomic mass is 9.94. The SMILES string of the molecule is O=C(CCC1CCCN(S(=O)(=O)c2ccccc2F)C1)Nc1ccccc1. The van der Waals surface area contributed by atoms with E-state index >= 15 is 0 Å². The number of rotatable bonds is 6. The summed E-state index contributed by atoms with van der Waals surface area (Å²) in [5, 5.41) is 2.84. The van der Waals surface area contributed by atoms with Gasteiger partial charge in [-0.2, -0.15) is 4.31 Å². The molecule has 1 fully saturated rings. The maximum Gasteiger partial charge on any atom is 0.245 e. The van der Waals surface area contributed by atoms with Gasteiger partial charge in [-0.05, 0) is 49.4 Å². The molecule has 1 saturated heterocycles. The normalized spacial score (nSPS) is 18.2. The van der Waals surface area contributed by atoms with Crippen molar-refractivity contribution in [2.45, 2.75) is 30.6 Å². The third-order valence-corrected chi connectivity index (χ3v) is 6.67. The number of anilines is 1. The van der Waals surface area contributed by atoms with E-state index in [0.29, 0.717) is 32.4 Å². The number of amides is 1. The van der Waals surface area contributed by atoms with Crippen LogP contribution in [0.15, 0.2) is 59.5 Å². The quantitative estimate of drug-likeness (QED) is 0.819. The van der Waals surface area contributed by atoms with Gasteiger partial charge in [-0.3, -0.25) is 4.79 Å². The first-order chi connectivity index (χ1) is 13.0. The molecule has 1 unspecified atom stereocenters. The second-order valence-electron chi connectivity index (χ2n) is 6.75. The van der Waals surface area contributed by atoms with Gasteiger partial charge in [-0.25, -0.2) is 12.8 Å². The van der Waals surface area contributed by atoms with Gasteiger partial charge in [-0.1, -0.05) is 30.3 Å². The van der Waals surface area contributed by atoms with Crippen LogP contribution in [0.4, 0.5) is 10.1 Å². The lowest BCUT2D eigenvalue weighted by Gasteiger charge is -2.32. The minimum atomic E-state index is -3.85. The van der Waals surface area contributed by atoms with Crippen molar-refractivity contribution in [1.29, 1.82) is 0 Å². The van der Waals surface area contributed by atoms with Gasteiger partial charge in [0, 0.05) is 25.2 Å². The molecule has 0 bridgehead atoms. The van der Waals surface area contributed by atoms with Crippen LogP contribution in [0.1, 0.15) is 25.7 Å². The maximum absolute atomic E-state index is 13.9. The van der Waals surface area contributed by atoms with E-state index < -0.39 is 15.8 Å². The second kappa shape index (κ2) is 8.63. The van der Waals surface area contributed by atoms with Crippen LogP contribution < -0.4 is 5.32 Å². The van der Waals surface area contributed by atoms with Crippen molar-refractivity contribution < 1.29 is 17.6 Å². The molecule has 1 heterocycles. The number of sulfonamides is 1. The van der Waals surface area contributed by atoms with Crippen LogP contribution in [0, 0.1) is 11.7 Å². The summed E-state index contributed by atoms with van der Waals surface area (Å²) in [4.78, 5) is 11.8. The zero-order valence-corrected chi connectivity index (χ0v) is 15.8. The number of nitrogens with one attached hydrogen (secondary N) is 1. The molecule has 2 aromatic rings. The lowest BCUT2D eigenvalue weighted by Crippen LogP contribution is -2.40. The minimum Gasteiger partial charge on any atom is -0.326 e. The molecular weight excluding hydrogens is 367 g/mol. The molecule has 1 atom stereocenters. The summed E-state index contributed by atoms with van der Waals surface area (Å²) in [6.45, 7) is 0.693. The Hall–Kier alpha value is -2.25. The molecule has 3 rings (SSSR count). The van der Waals surface area contributed by atoms with Crippen LogP contribution in [-0.2, 0) is 14.8 Å². The predicted octanol–water partition coefficient (Wildman–Crippen LogP) is 3.65. The van der Waals surface area contributed by atoms with Gasteiger partial charge in [0.1, 0.15) is 10.7 Å². The third kappa shape index (κ3) is 4.93. The first kappa shape index (κ1) is 19.5. The summed E-state index contributed by atoms with van der Waals surface area (Å²) in [6.07, 6.45) is 2.50. The van der Waals surface area contributed by atoms with E-state index in [1.54, 1.807) is 0 Å². The summed E-state index contributed by atoms with van der Waals surface area (Å²) >= 11 is 0. The minimum absolute atomic E-state index is 0.0850. The Bertz CT molecular complexity index is 887. The topological polar surface area (TPSA) is 66.5 Å². The Morgan fingerprint density at radius 2 is 1.81 bits per heavy atom. The molecule has 5 nitrogen and oxygen atoms in total. The largest absolute Gasteiger partial charge is 0.326 e. The molecule has 0 aliphatic carbocycles. The standard InChI is InChI=1S/C20H23FN2O3S/c21-18-10-4-5-11-19(18)27(25,26)23-14-6-7-16(15-23)12-13-20(24)22-17-8-2-1-3-9-17/h1-5,8-11,16H,6-7,12-15H2,(H,22,24). The third-order valence-electron chi connectivity index (χ3n) is 4.77. The number of carbonyl (C=O) groups is 1. The number of hydrogen-bond acceptors (Lipinski definition) is 3. The molecule has 1 aliphatic heterocycles. The fourth-order valence-corrected chi connectivity index (χ4v) is 4.97. The highest BCUT2D eigenvalue weighted by Gasteiger charge is 2.31. The fourth-order valence-electron chi connectivity index (χ4n) is 3.35. The number of nitrogens with zero attached hydrogens (tertiary/aromatic N) is 1. The van der Waals surface area contributed by atoms with Crippen molar-refractivity contribution in [3.05, 3.63) is 60.4 Å². The lowest BCUT2D eigenvalue weighted by molar-refractivity contribution is -0.116. The number of carbonyl (C=O) groups excluding carboxylic acids is 1. The Labute approximate surface area is 159 Å². The van der Waals surface area contributed by atoms with Gasteiger partial charge in [-0.15, -0.1) is 0 Å². The van der Waals surface area contributed by atoms with Crippen LogP contribution in [0.5, 0.6) is 0 Å². The first-order valence-electron chi connectivity index (χ1n) is 9.06. The zero-order chi connectivity index (χ0) is 19.3. The van der Waals surface area contributed by atoms with Crippen molar-refractivity contribution >= 4 is 21.6 Å². The van der Waals surface area contributed by atoms with E-state index in [0.717, 1.165) is 18.2 Å². The monoisotopic (exact) mass is 390 g/mol. The predicted molar refractivity (Wildman–Crippen MR) is 102 cm³/mol. The van der Waals surface area contributed by atoms with Crippen LogP contribution in [0.3, 0.4) is 0 Å². The summed E-state index contributed by atoms with van der Waals surface area (Å²) in [5.74, 6) is -0.737. The Balaban J connectivity index is 1.58.